The quantitative estimate of drug-likeness (QED) is 0.725. The van der Waals surface area contributed by atoms with Gasteiger partial charge in [0.25, 0.3) is 5.92 Å². The number of benzene rings is 1. The molecule has 1 aromatic heterocycles. The summed E-state index contributed by atoms with van der Waals surface area (Å²) in [5.41, 5.74) is 0.945. The Hall–Kier alpha value is -2.33. The van der Waals surface area contributed by atoms with Crippen LogP contribution in [-0.2, 0) is 22.1 Å². The average Bonchev–Trinajstić information content (AvgIpc) is 3.47. The Balaban J connectivity index is 1.65. The molecule has 1 saturated heterocycles. The monoisotopic (exact) mass is 450 g/mol. The summed E-state index contributed by atoms with van der Waals surface area (Å²) in [5.74, 6) is -2.51. The van der Waals surface area contributed by atoms with Crippen molar-refractivity contribution in [2.75, 3.05) is 17.7 Å². The molecule has 2 aromatic rings. The van der Waals surface area contributed by atoms with Gasteiger partial charge in [-0.15, -0.1) is 0 Å². The highest BCUT2D eigenvalue weighted by Crippen LogP contribution is 2.45. The highest BCUT2D eigenvalue weighted by molar-refractivity contribution is 7.91. The van der Waals surface area contributed by atoms with Crippen molar-refractivity contribution < 1.29 is 22.8 Å². The van der Waals surface area contributed by atoms with Crippen molar-refractivity contribution in [1.29, 1.82) is 4.78 Å². The van der Waals surface area contributed by atoms with Crippen molar-refractivity contribution in [3.63, 3.8) is 0 Å². The Morgan fingerprint density at radius 2 is 2.06 bits per heavy atom. The van der Waals surface area contributed by atoms with Gasteiger partial charge in [-0.3, -0.25) is 0 Å². The molecule has 2 aliphatic carbocycles. The van der Waals surface area contributed by atoms with Crippen LogP contribution in [0.2, 0.25) is 0 Å². The fraction of sp³-hybridized carbons (Fsp3) is 0.524. The first kappa shape index (κ1) is 20.6. The van der Waals surface area contributed by atoms with Gasteiger partial charge in [-0.1, -0.05) is 0 Å². The Morgan fingerprint density at radius 1 is 1.32 bits per heavy atom. The fourth-order valence-electron chi connectivity index (χ4n) is 4.06. The number of nitrogens with zero attached hydrogens (tertiary/aromatic N) is 3. The number of anilines is 1. The lowest BCUT2D eigenvalue weighted by molar-refractivity contribution is -0.00603. The van der Waals surface area contributed by atoms with Crippen LogP contribution in [0, 0.1) is 4.78 Å². The van der Waals surface area contributed by atoms with Gasteiger partial charge in [-0.05, 0) is 44.4 Å². The van der Waals surface area contributed by atoms with Crippen molar-refractivity contribution in [2.24, 2.45) is 0 Å². The molecule has 5 rings (SSSR count). The second-order valence-corrected chi connectivity index (χ2v) is 10.8. The summed E-state index contributed by atoms with van der Waals surface area (Å²) >= 11 is 0. The van der Waals surface area contributed by atoms with Crippen LogP contribution < -0.4 is 9.64 Å². The van der Waals surface area contributed by atoms with E-state index in [1.165, 1.54) is 6.26 Å². The van der Waals surface area contributed by atoms with Gasteiger partial charge < -0.3 is 14.7 Å². The van der Waals surface area contributed by atoms with Gasteiger partial charge in [0, 0.05) is 30.3 Å². The minimum Gasteiger partial charge on any atom is -0.489 e. The molecule has 3 atom stereocenters. The van der Waals surface area contributed by atoms with Crippen molar-refractivity contribution in [2.45, 2.75) is 61.7 Å². The SMILES string of the molecule is C[C@H]1[C@H](O)CN1c1nc(-c2ccc(OC3CC3)c([S@](C)(=N)=O)c2)c2c(n1)C(F)(F)CC2. The van der Waals surface area contributed by atoms with E-state index in [0.29, 0.717) is 22.6 Å². The lowest BCUT2D eigenvalue weighted by atomic mass is 10.0. The van der Waals surface area contributed by atoms with Crippen LogP contribution in [0.4, 0.5) is 14.7 Å². The highest BCUT2D eigenvalue weighted by atomic mass is 32.2. The van der Waals surface area contributed by atoms with Crippen LogP contribution in [0.5, 0.6) is 5.75 Å². The van der Waals surface area contributed by atoms with Crippen molar-refractivity contribution in [1.82, 2.24) is 9.97 Å². The molecule has 0 amide bonds. The minimum absolute atomic E-state index is 0.0688. The molecule has 7 nitrogen and oxygen atoms in total. The molecule has 2 fully saturated rings. The summed E-state index contributed by atoms with van der Waals surface area (Å²) in [6.07, 6.45) is 2.46. The number of aromatic nitrogens is 2. The molecular weight excluding hydrogens is 426 g/mol. The third-order valence-corrected chi connectivity index (χ3v) is 7.33. The number of fused-ring (bicyclic) bond motifs is 1. The van der Waals surface area contributed by atoms with Crippen LogP contribution in [-0.4, -0.2) is 50.3 Å². The highest BCUT2D eigenvalue weighted by Gasteiger charge is 2.45. The third kappa shape index (κ3) is 3.55. The Kier molecular flexibility index (Phi) is 4.53. The van der Waals surface area contributed by atoms with Gasteiger partial charge in [0.2, 0.25) is 5.95 Å². The van der Waals surface area contributed by atoms with E-state index >= 15 is 0 Å². The molecule has 1 aliphatic heterocycles. The number of hydrogen-bond acceptors (Lipinski definition) is 7. The number of ether oxygens (including phenoxy) is 1. The van der Waals surface area contributed by atoms with Crippen molar-refractivity contribution >= 4 is 15.7 Å². The second-order valence-electron chi connectivity index (χ2n) is 8.69. The maximum atomic E-state index is 14.6. The average molecular weight is 451 g/mol. The first-order valence-corrected chi connectivity index (χ1v) is 12.3. The zero-order chi connectivity index (χ0) is 22.1. The molecule has 0 unspecified atom stereocenters. The number of nitrogens with one attached hydrogen (secondary N) is 1. The summed E-state index contributed by atoms with van der Waals surface area (Å²) in [5, 5.41) is 9.85. The summed E-state index contributed by atoms with van der Waals surface area (Å²) < 4.78 is 55.8. The van der Waals surface area contributed by atoms with Crippen LogP contribution in [0.1, 0.15) is 37.4 Å². The topological polar surface area (TPSA) is 99.4 Å². The fourth-order valence-corrected chi connectivity index (χ4v) is 4.91. The molecule has 0 radical (unpaired) electrons. The van der Waals surface area contributed by atoms with E-state index in [1.807, 2.05) is 0 Å². The number of rotatable bonds is 5. The Labute approximate surface area is 179 Å². The second kappa shape index (κ2) is 6.83. The maximum Gasteiger partial charge on any atom is 0.290 e. The van der Waals surface area contributed by atoms with E-state index in [1.54, 1.807) is 30.0 Å². The first-order chi connectivity index (χ1) is 14.5. The van der Waals surface area contributed by atoms with Crippen LogP contribution in [0.3, 0.4) is 0 Å². The molecule has 1 aromatic carbocycles. The van der Waals surface area contributed by atoms with E-state index in [-0.39, 0.29) is 48.1 Å². The van der Waals surface area contributed by atoms with E-state index in [0.717, 1.165) is 12.8 Å². The summed E-state index contributed by atoms with van der Waals surface area (Å²) in [7, 11) is -3.11. The summed E-state index contributed by atoms with van der Waals surface area (Å²) in [4.78, 5) is 10.7. The number of aliphatic hydroxyl groups is 1. The maximum absolute atomic E-state index is 14.6. The van der Waals surface area contributed by atoms with E-state index < -0.39 is 21.8 Å². The molecular formula is C21H24F2N4O3S. The van der Waals surface area contributed by atoms with Crippen molar-refractivity contribution in [3.8, 4) is 17.0 Å². The van der Waals surface area contributed by atoms with Gasteiger partial charge in [0.15, 0.2) is 0 Å². The zero-order valence-corrected chi connectivity index (χ0v) is 18.1. The third-order valence-electron chi connectivity index (χ3n) is 6.17. The summed E-state index contributed by atoms with van der Waals surface area (Å²) in [6, 6.07) is 4.67. The van der Waals surface area contributed by atoms with Gasteiger partial charge >= 0.3 is 0 Å². The number of aliphatic hydroxyl groups excluding tert-OH is 1. The molecule has 0 bridgehead atoms. The van der Waals surface area contributed by atoms with Gasteiger partial charge in [-0.2, -0.15) is 8.78 Å². The predicted molar refractivity (Wildman–Crippen MR) is 111 cm³/mol. The molecule has 166 valence electrons. The molecule has 10 heteroatoms. The van der Waals surface area contributed by atoms with E-state index in [9.17, 15) is 18.1 Å². The number of halogens is 2. The summed E-state index contributed by atoms with van der Waals surface area (Å²) in [6.45, 7) is 2.07. The normalized spacial score (nSPS) is 26.2. The zero-order valence-electron chi connectivity index (χ0n) is 17.3. The smallest absolute Gasteiger partial charge is 0.290 e. The number of alkyl halides is 2. The van der Waals surface area contributed by atoms with Crippen LogP contribution in [0.25, 0.3) is 11.3 Å². The van der Waals surface area contributed by atoms with Crippen molar-refractivity contribution in [3.05, 3.63) is 29.5 Å². The predicted octanol–water partition coefficient (Wildman–Crippen LogP) is 3.33. The first-order valence-electron chi connectivity index (χ1n) is 10.3. The Bertz CT molecular complexity index is 1170. The standard InChI is InChI=1S/C21H24F2N4O3S/c1-11-15(28)10-27(11)20-25-18(14-7-8-21(22,23)19(14)26-20)12-3-6-16(30-13-4-5-13)17(9-12)31(2,24)29/h3,6,9,11,13,15,24,28H,4-5,7-8,10H2,1-2H3/t11-,15+,31+/m0/s1. The lowest BCUT2D eigenvalue weighted by Gasteiger charge is -2.43. The van der Waals surface area contributed by atoms with Crippen LogP contribution in [0.15, 0.2) is 23.1 Å². The molecule has 3 aliphatic rings. The Morgan fingerprint density at radius 3 is 2.68 bits per heavy atom. The minimum atomic E-state index is -3.11. The largest absolute Gasteiger partial charge is 0.489 e. The lowest BCUT2D eigenvalue weighted by Crippen LogP contribution is -2.59. The number of β-amino-alcohol motifs (C(OH)–C–C–N with tert-alkyl or cyclic N) is 1. The van der Waals surface area contributed by atoms with Gasteiger partial charge in [0.1, 0.15) is 11.4 Å². The van der Waals surface area contributed by atoms with E-state index in [2.05, 4.69) is 9.97 Å². The van der Waals surface area contributed by atoms with E-state index in [4.69, 9.17) is 9.52 Å². The molecule has 0 spiro atoms. The molecule has 1 saturated carbocycles. The molecule has 2 N–H and O–H groups in total. The van der Waals surface area contributed by atoms with Gasteiger partial charge in [-0.25, -0.2) is 19.0 Å². The van der Waals surface area contributed by atoms with Crippen LogP contribution >= 0.6 is 0 Å². The van der Waals surface area contributed by atoms with Gasteiger partial charge in [0.05, 0.1) is 38.6 Å². The number of hydrogen-bond donors (Lipinski definition) is 2. The molecule has 31 heavy (non-hydrogen) atoms. The molecule has 2 heterocycles.